The molecule has 1 aromatic rings. The third kappa shape index (κ3) is 2.83. The van der Waals surface area contributed by atoms with Crippen molar-refractivity contribution in [2.75, 3.05) is 18.0 Å². The van der Waals surface area contributed by atoms with Gasteiger partial charge in [-0.25, -0.2) is 0 Å². The molecule has 2 atom stereocenters. The fraction of sp³-hybridized carbons (Fsp3) is 0.706. The lowest BCUT2D eigenvalue weighted by Gasteiger charge is -2.46. The summed E-state index contributed by atoms with van der Waals surface area (Å²) in [6.45, 7) is 5.34. The molecule has 0 spiro atoms. The zero-order valence-corrected chi connectivity index (χ0v) is 12.6. The highest BCUT2D eigenvalue weighted by atomic mass is 15.2. The zero-order chi connectivity index (χ0) is 13.8. The minimum absolute atomic E-state index is 0.778. The van der Waals surface area contributed by atoms with Crippen molar-refractivity contribution in [3.05, 3.63) is 24.0 Å². The highest BCUT2D eigenvalue weighted by Gasteiger charge is 2.33. The average molecular weight is 273 g/mol. The Morgan fingerprint density at radius 1 is 1.25 bits per heavy atom. The van der Waals surface area contributed by atoms with E-state index in [2.05, 4.69) is 28.2 Å². The lowest BCUT2D eigenvalue weighted by Crippen LogP contribution is -2.47. The first kappa shape index (κ1) is 13.9. The summed E-state index contributed by atoms with van der Waals surface area (Å²) in [6, 6.07) is 3.00. The fourth-order valence-electron chi connectivity index (χ4n) is 4.02. The molecule has 0 unspecified atom stereocenters. The van der Waals surface area contributed by atoms with Crippen LogP contribution in [0, 0.1) is 5.92 Å². The Hall–Kier alpha value is -1.09. The maximum absolute atomic E-state index is 4.33. The molecule has 3 heteroatoms. The van der Waals surface area contributed by atoms with E-state index in [1.807, 2.05) is 12.4 Å². The van der Waals surface area contributed by atoms with Crippen LogP contribution in [0.2, 0.25) is 0 Å². The Kier molecular flexibility index (Phi) is 4.56. The van der Waals surface area contributed by atoms with Crippen molar-refractivity contribution in [3.8, 4) is 0 Å². The number of hydrogen-bond donors (Lipinski definition) is 1. The molecule has 1 aromatic heterocycles. The summed E-state index contributed by atoms with van der Waals surface area (Å²) in [5.41, 5.74) is 2.79. The van der Waals surface area contributed by atoms with Gasteiger partial charge in [0.05, 0.1) is 0 Å². The van der Waals surface area contributed by atoms with E-state index in [4.69, 9.17) is 0 Å². The van der Waals surface area contributed by atoms with Crippen LogP contribution in [0.5, 0.6) is 0 Å². The van der Waals surface area contributed by atoms with E-state index in [1.54, 1.807) is 0 Å². The molecule has 0 radical (unpaired) electrons. The molecule has 0 amide bonds. The molecule has 2 fully saturated rings. The molecule has 2 aliphatic rings. The second kappa shape index (κ2) is 6.57. The van der Waals surface area contributed by atoms with Gasteiger partial charge < -0.3 is 10.2 Å². The Morgan fingerprint density at radius 2 is 2.10 bits per heavy atom. The first-order valence-electron chi connectivity index (χ1n) is 8.30. The van der Waals surface area contributed by atoms with Gasteiger partial charge in [0.2, 0.25) is 0 Å². The smallest absolute Gasteiger partial charge is 0.0445 e. The van der Waals surface area contributed by atoms with E-state index in [-0.39, 0.29) is 0 Å². The summed E-state index contributed by atoms with van der Waals surface area (Å²) in [6.07, 6.45) is 12.5. The van der Waals surface area contributed by atoms with Crippen molar-refractivity contribution in [2.24, 2.45) is 5.92 Å². The van der Waals surface area contributed by atoms with E-state index >= 15 is 0 Å². The maximum Gasteiger partial charge on any atom is 0.0445 e. The predicted molar refractivity (Wildman–Crippen MR) is 83.9 cm³/mol. The van der Waals surface area contributed by atoms with Gasteiger partial charge in [0.15, 0.2) is 0 Å². The van der Waals surface area contributed by atoms with Crippen molar-refractivity contribution in [2.45, 2.75) is 58.0 Å². The molecule has 1 saturated carbocycles. The van der Waals surface area contributed by atoms with Gasteiger partial charge in [-0.2, -0.15) is 0 Å². The number of aromatic nitrogens is 1. The van der Waals surface area contributed by atoms with Crippen LogP contribution in [-0.2, 0) is 6.54 Å². The second-order valence-electron chi connectivity index (χ2n) is 6.23. The number of nitrogens with zero attached hydrogens (tertiary/aromatic N) is 2. The van der Waals surface area contributed by atoms with Crippen LogP contribution >= 0.6 is 0 Å². The minimum atomic E-state index is 0.778. The van der Waals surface area contributed by atoms with Gasteiger partial charge in [-0.3, -0.25) is 4.98 Å². The van der Waals surface area contributed by atoms with Crippen molar-refractivity contribution in [3.63, 3.8) is 0 Å². The summed E-state index contributed by atoms with van der Waals surface area (Å²) >= 11 is 0. The largest absolute Gasteiger partial charge is 0.368 e. The molecule has 110 valence electrons. The fourth-order valence-corrected chi connectivity index (χ4v) is 4.02. The normalized spacial score (nSPS) is 26.4. The van der Waals surface area contributed by atoms with Crippen molar-refractivity contribution >= 4 is 5.69 Å². The molecular weight excluding hydrogens is 246 g/mol. The van der Waals surface area contributed by atoms with Gasteiger partial charge in [-0.05, 0) is 44.2 Å². The van der Waals surface area contributed by atoms with Crippen LogP contribution in [0.4, 0.5) is 5.69 Å². The third-order valence-corrected chi connectivity index (χ3v) is 5.00. The SMILES string of the molecule is CCNCc1cnccc1N1CCC[C@H]2CCCC[C@H]21. The minimum Gasteiger partial charge on any atom is -0.368 e. The van der Waals surface area contributed by atoms with Crippen LogP contribution in [0.15, 0.2) is 18.5 Å². The Labute approximate surface area is 122 Å². The van der Waals surface area contributed by atoms with Gasteiger partial charge >= 0.3 is 0 Å². The number of piperidine rings is 1. The molecule has 1 aliphatic heterocycles. The summed E-state index contributed by atoms with van der Waals surface area (Å²) < 4.78 is 0. The number of pyridine rings is 1. The van der Waals surface area contributed by atoms with Crippen LogP contribution in [0.1, 0.15) is 51.0 Å². The topological polar surface area (TPSA) is 28.2 Å². The maximum atomic E-state index is 4.33. The van der Waals surface area contributed by atoms with Gasteiger partial charge in [0.25, 0.3) is 0 Å². The zero-order valence-electron chi connectivity index (χ0n) is 12.6. The summed E-state index contributed by atoms with van der Waals surface area (Å²) in [5.74, 6) is 0.928. The average Bonchev–Trinajstić information content (AvgIpc) is 2.53. The van der Waals surface area contributed by atoms with Gasteiger partial charge in [0.1, 0.15) is 0 Å². The number of rotatable bonds is 4. The molecule has 20 heavy (non-hydrogen) atoms. The number of hydrogen-bond acceptors (Lipinski definition) is 3. The first-order chi connectivity index (χ1) is 9.90. The second-order valence-corrected chi connectivity index (χ2v) is 6.23. The molecule has 2 heterocycles. The quantitative estimate of drug-likeness (QED) is 0.912. The Morgan fingerprint density at radius 3 is 3.00 bits per heavy atom. The summed E-state index contributed by atoms with van der Waals surface area (Å²) in [4.78, 5) is 7.03. The Balaban J connectivity index is 1.83. The monoisotopic (exact) mass is 273 g/mol. The van der Waals surface area contributed by atoms with Crippen molar-refractivity contribution in [1.29, 1.82) is 0 Å². The van der Waals surface area contributed by atoms with Crippen molar-refractivity contribution < 1.29 is 0 Å². The van der Waals surface area contributed by atoms with Crippen molar-refractivity contribution in [1.82, 2.24) is 10.3 Å². The molecule has 0 bridgehead atoms. The number of fused-ring (bicyclic) bond motifs is 1. The molecule has 0 aromatic carbocycles. The van der Waals surface area contributed by atoms with Gasteiger partial charge in [0, 0.05) is 42.8 Å². The molecular formula is C17H27N3. The number of anilines is 1. The van der Waals surface area contributed by atoms with Gasteiger partial charge in [-0.1, -0.05) is 19.8 Å². The number of nitrogens with one attached hydrogen (secondary N) is 1. The van der Waals surface area contributed by atoms with E-state index < -0.39 is 0 Å². The molecule has 3 nitrogen and oxygen atoms in total. The first-order valence-corrected chi connectivity index (χ1v) is 8.30. The van der Waals surface area contributed by atoms with Crippen LogP contribution in [0.25, 0.3) is 0 Å². The highest BCUT2D eigenvalue weighted by Crippen LogP contribution is 2.38. The van der Waals surface area contributed by atoms with Crippen LogP contribution in [-0.4, -0.2) is 24.1 Å². The molecule has 1 N–H and O–H groups in total. The Bertz CT molecular complexity index is 430. The summed E-state index contributed by atoms with van der Waals surface area (Å²) in [5, 5.41) is 3.45. The lowest BCUT2D eigenvalue weighted by molar-refractivity contribution is 0.243. The molecule has 1 aliphatic carbocycles. The van der Waals surface area contributed by atoms with Crippen LogP contribution in [0.3, 0.4) is 0 Å². The van der Waals surface area contributed by atoms with E-state index in [9.17, 15) is 0 Å². The molecule has 3 rings (SSSR count). The lowest BCUT2D eigenvalue weighted by atomic mass is 9.78. The highest BCUT2D eigenvalue weighted by molar-refractivity contribution is 5.53. The third-order valence-electron chi connectivity index (χ3n) is 5.00. The molecule has 1 saturated heterocycles. The standard InChI is InChI=1S/C17H27N3/c1-2-18-12-15-13-19-10-9-17(15)20-11-5-7-14-6-3-4-8-16(14)20/h9-10,13-14,16,18H,2-8,11-12H2,1H3/t14-,16-/m1/s1. The van der Waals surface area contributed by atoms with E-state index in [0.29, 0.717) is 0 Å². The predicted octanol–water partition coefficient (Wildman–Crippen LogP) is 3.35. The van der Waals surface area contributed by atoms with E-state index in [0.717, 1.165) is 25.0 Å². The van der Waals surface area contributed by atoms with Crippen LogP contribution < -0.4 is 10.2 Å². The van der Waals surface area contributed by atoms with Gasteiger partial charge in [-0.15, -0.1) is 0 Å². The van der Waals surface area contributed by atoms with E-state index in [1.165, 1.54) is 56.3 Å². The summed E-state index contributed by atoms with van der Waals surface area (Å²) in [7, 11) is 0.